The van der Waals surface area contributed by atoms with Gasteiger partial charge in [0.2, 0.25) is 0 Å². The maximum absolute atomic E-state index is 10.5. The van der Waals surface area contributed by atoms with E-state index in [4.69, 9.17) is 0 Å². The van der Waals surface area contributed by atoms with Gasteiger partial charge in [0.25, 0.3) is 0 Å². The van der Waals surface area contributed by atoms with Gasteiger partial charge in [-0.3, -0.25) is 0 Å². The third kappa shape index (κ3) is 3.49. The number of hydrogen-bond donors (Lipinski definition) is 1. The predicted molar refractivity (Wildman–Crippen MR) is 65.8 cm³/mol. The molecule has 0 amide bonds. The fourth-order valence-corrected chi connectivity index (χ4v) is 2.38. The summed E-state index contributed by atoms with van der Waals surface area (Å²) in [6, 6.07) is 0. The van der Waals surface area contributed by atoms with E-state index in [1.54, 1.807) is 0 Å². The highest BCUT2D eigenvalue weighted by molar-refractivity contribution is 5.19. The Bertz CT molecular complexity index is 229. The minimum absolute atomic E-state index is 0.422. The molecule has 1 nitrogen and oxygen atoms in total. The van der Waals surface area contributed by atoms with Crippen LogP contribution in [0.15, 0.2) is 24.3 Å². The molecule has 2 atom stereocenters. The van der Waals surface area contributed by atoms with Gasteiger partial charge in [-0.25, -0.2) is 0 Å². The number of allylic oxidation sites excluding steroid dienone is 2. The van der Waals surface area contributed by atoms with Gasteiger partial charge >= 0.3 is 0 Å². The SMILES string of the molecule is CCCCCC(CC)C1(O)C=CC=CC1. The summed E-state index contributed by atoms with van der Waals surface area (Å²) in [5, 5.41) is 10.5. The van der Waals surface area contributed by atoms with Crippen molar-refractivity contribution < 1.29 is 5.11 Å². The zero-order chi connectivity index (χ0) is 11.1. The maximum Gasteiger partial charge on any atom is 0.0892 e. The topological polar surface area (TPSA) is 20.2 Å². The summed E-state index contributed by atoms with van der Waals surface area (Å²) < 4.78 is 0. The van der Waals surface area contributed by atoms with Gasteiger partial charge in [-0.05, 0) is 18.8 Å². The van der Waals surface area contributed by atoms with Crippen molar-refractivity contribution >= 4 is 0 Å². The molecule has 0 saturated heterocycles. The quantitative estimate of drug-likeness (QED) is 0.657. The second kappa shape index (κ2) is 6.12. The van der Waals surface area contributed by atoms with Gasteiger partial charge in [-0.1, -0.05) is 63.8 Å². The molecule has 1 aliphatic carbocycles. The summed E-state index contributed by atoms with van der Waals surface area (Å²) in [6.07, 6.45) is 14.8. The van der Waals surface area contributed by atoms with E-state index >= 15 is 0 Å². The minimum Gasteiger partial charge on any atom is -0.385 e. The molecule has 0 spiro atoms. The molecule has 0 aromatic carbocycles. The molecule has 0 radical (unpaired) electrons. The van der Waals surface area contributed by atoms with Gasteiger partial charge < -0.3 is 5.11 Å². The number of unbranched alkanes of at least 4 members (excludes halogenated alkanes) is 2. The van der Waals surface area contributed by atoms with Crippen LogP contribution in [-0.4, -0.2) is 10.7 Å². The molecule has 0 aromatic heterocycles. The maximum atomic E-state index is 10.5. The van der Waals surface area contributed by atoms with Gasteiger partial charge in [0.05, 0.1) is 5.60 Å². The van der Waals surface area contributed by atoms with Crippen LogP contribution in [0.25, 0.3) is 0 Å². The molecule has 1 rings (SSSR count). The Kier molecular flexibility index (Phi) is 5.10. The average Bonchev–Trinajstić information content (AvgIpc) is 2.25. The first-order valence-corrected chi connectivity index (χ1v) is 6.29. The molecule has 1 aliphatic rings. The highest BCUT2D eigenvalue weighted by Gasteiger charge is 2.31. The Hall–Kier alpha value is -0.560. The van der Waals surface area contributed by atoms with Crippen molar-refractivity contribution in [2.45, 2.75) is 58.0 Å². The third-order valence-corrected chi connectivity index (χ3v) is 3.43. The lowest BCUT2D eigenvalue weighted by atomic mass is 9.78. The summed E-state index contributed by atoms with van der Waals surface area (Å²) in [5.41, 5.74) is -0.572. The summed E-state index contributed by atoms with van der Waals surface area (Å²) in [7, 11) is 0. The van der Waals surface area contributed by atoms with E-state index in [1.165, 1.54) is 19.3 Å². The second-order valence-corrected chi connectivity index (χ2v) is 4.58. The van der Waals surface area contributed by atoms with Gasteiger partial charge in [-0.15, -0.1) is 0 Å². The summed E-state index contributed by atoms with van der Waals surface area (Å²) >= 11 is 0. The zero-order valence-electron chi connectivity index (χ0n) is 10.1. The van der Waals surface area contributed by atoms with E-state index in [1.807, 2.05) is 18.2 Å². The lowest BCUT2D eigenvalue weighted by Crippen LogP contribution is -2.36. The van der Waals surface area contributed by atoms with Gasteiger partial charge in [0, 0.05) is 0 Å². The molecule has 2 unspecified atom stereocenters. The van der Waals surface area contributed by atoms with Gasteiger partial charge in [0.15, 0.2) is 0 Å². The van der Waals surface area contributed by atoms with E-state index in [9.17, 15) is 5.11 Å². The van der Waals surface area contributed by atoms with E-state index < -0.39 is 5.60 Å². The van der Waals surface area contributed by atoms with Crippen molar-refractivity contribution in [3.8, 4) is 0 Å². The van der Waals surface area contributed by atoms with Crippen molar-refractivity contribution in [3.63, 3.8) is 0 Å². The minimum atomic E-state index is -0.572. The lowest BCUT2D eigenvalue weighted by molar-refractivity contribution is 0.0225. The van der Waals surface area contributed by atoms with Crippen LogP contribution >= 0.6 is 0 Å². The van der Waals surface area contributed by atoms with Crippen LogP contribution in [0.4, 0.5) is 0 Å². The largest absolute Gasteiger partial charge is 0.385 e. The van der Waals surface area contributed by atoms with Crippen LogP contribution in [0, 0.1) is 5.92 Å². The van der Waals surface area contributed by atoms with E-state index in [2.05, 4.69) is 19.9 Å². The first-order chi connectivity index (χ1) is 7.23. The fraction of sp³-hybridized carbons (Fsp3) is 0.714. The standard InChI is InChI=1S/C14H24O/c1-3-5-7-10-13(4-2)14(15)11-8-6-9-12-14/h6,8-9,11,13,15H,3-5,7,10,12H2,1-2H3. The van der Waals surface area contributed by atoms with Crippen molar-refractivity contribution in [2.24, 2.45) is 5.92 Å². The molecular weight excluding hydrogens is 184 g/mol. The molecule has 86 valence electrons. The molecule has 0 fully saturated rings. The number of rotatable bonds is 6. The summed E-state index contributed by atoms with van der Waals surface area (Å²) in [4.78, 5) is 0. The summed E-state index contributed by atoms with van der Waals surface area (Å²) in [5.74, 6) is 0.422. The lowest BCUT2D eigenvalue weighted by Gasteiger charge is -2.34. The Balaban J connectivity index is 2.49. The monoisotopic (exact) mass is 208 g/mol. The second-order valence-electron chi connectivity index (χ2n) is 4.58. The average molecular weight is 208 g/mol. The first-order valence-electron chi connectivity index (χ1n) is 6.29. The molecule has 1 heteroatoms. The van der Waals surface area contributed by atoms with Crippen molar-refractivity contribution in [3.05, 3.63) is 24.3 Å². The van der Waals surface area contributed by atoms with Crippen molar-refractivity contribution in [2.75, 3.05) is 0 Å². The highest BCUT2D eigenvalue weighted by Crippen LogP contribution is 2.32. The molecular formula is C14H24O. The number of hydrogen-bond acceptors (Lipinski definition) is 1. The predicted octanol–water partition coefficient (Wildman–Crippen LogP) is 3.84. The Labute approximate surface area is 93.9 Å². The first kappa shape index (κ1) is 12.5. The summed E-state index contributed by atoms with van der Waals surface area (Å²) in [6.45, 7) is 4.40. The van der Waals surface area contributed by atoms with Crippen LogP contribution < -0.4 is 0 Å². The molecule has 0 aromatic rings. The van der Waals surface area contributed by atoms with Crippen LogP contribution in [0.5, 0.6) is 0 Å². The number of aliphatic hydroxyl groups is 1. The molecule has 0 aliphatic heterocycles. The molecule has 1 N–H and O–H groups in total. The van der Waals surface area contributed by atoms with Gasteiger partial charge in [0.1, 0.15) is 0 Å². The molecule has 0 bridgehead atoms. The van der Waals surface area contributed by atoms with Crippen LogP contribution in [0.1, 0.15) is 52.4 Å². The van der Waals surface area contributed by atoms with Crippen LogP contribution in [0.2, 0.25) is 0 Å². The van der Waals surface area contributed by atoms with Crippen LogP contribution in [0.3, 0.4) is 0 Å². The van der Waals surface area contributed by atoms with Crippen molar-refractivity contribution in [1.82, 2.24) is 0 Å². The highest BCUT2D eigenvalue weighted by atomic mass is 16.3. The van der Waals surface area contributed by atoms with Crippen LogP contribution in [-0.2, 0) is 0 Å². The van der Waals surface area contributed by atoms with Crippen molar-refractivity contribution in [1.29, 1.82) is 0 Å². The third-order valence-electron chi connectivity index (χ3n) is 3.43. The molecule has 15 heavy (non-hydrogen) atoms. The molecule has 0 saturated carbocycles. The van der Waals surface area contributed by atoms with Gasteiger partial charge in [-0.2, -0.15) is 0 Å². The normalized spacial score (nSPS) is 26.9. The smallest absolute Gasteiger partial charge is 0.0892 e. The van der Waals surface area contributed by atoms with E-state index in [-0.39, 0.29) is 0 Å². The molecule has 0 heterocycles. The Morgan fingerprint density at radius 1 is 1.27 bits per heavy atom. The zero-order valence-corrected chi connectivity index (χ0v) is 10.1. The van der Waals surface area contributed by atoms with E-state index in [0.717, 1.165) is 19.3 Å². The van der Waals surface area contributed by atoms with E-state index in [0.29, 0.717) is 5.92 Å². The Morgan fingerprint density at radius 2 is 2.07 bits per heavy atom. The fourth-order valence-electron chi connectivity index (χ4n) is 2.38. The Morgan fingerprint density at radius 3 is 2.60 bits per heavy atom.